The van der Waals surface area contributed by atoms with Crippen LogP contribution in [0.4, 0.5) is 8.78 Å². The van der Waals surface area contributed by atoms with E-state index in [-0.39, 0.29) is 41.8 Å². The van der Waals surface area contributed by atoms with Gasteiger partial charge in [0.15, 0.2) is 0 Å². The van der Waals surface area contributed by atoms with Crippen molar-refractivity contribution >= 4 is 23.5 Å². The molecule has 0 unspecified atom stereocenters. The first-order valence-electron chi connectivity index (χ1n) is 13.5. The SMILES string of the molecule is Cc1[nH]n2c(=O)c(C(=O)NC3CC3)c(O)[n+](CC(C)(C)C)c2c1/C=C/C(=O)N1CCN(C2CC(F)(F)C2)CC1. The lowest BCUT2D eigenvalue weighted by Crippen LogP contribution is -2.57. The Morgan fingerprint density at radius 2 is 1.82 bits per heavy atom. The van der Waals surface area contributed by atoms with E-state index in [1.165, 1.54) is 10.6 Å². The lowest BCUT2D eigenvalue weighted by molar-refractivity contribution is -0.692. The summed E-state index contributed by atoms with van der Waals surface area (Å²) in [4.78, 5) is 43.0. The van der Waals surface area contributed by atoms with E-state index in [0.29, 0.717) is 49.6 Å². The van der Waals surface area contributed by atoms with Gasteiger partial charge < -0.3 is 15.3 Å². The van der Waals surface area contributed by atoms with Gasteiger partial charge in [0.05, 0.1) is 17.8 Å². The number of carbonyl (C=O) groups is 2. The van der Waals surface area contributed by atoms with Crippen LogP contribution in [-0.2, 0) is 11.3 Å². The van der Waals surface area contributed by atoms with E-state index in [2.05, 4.69) is 10.4 Å². The van der Waals surface area contributed by atoms with Crippen LogP contribution in [0.15, 0.2) is 10.9 Å². The molecule has 10 nitrogen and oxygen atoms in total. The molecule has 1 saturated heterocycles. The average molecular weight is 548 g/mol. The lowest BCUT2D eigenvalue weighted by Gasteiger charge is -2.46. The molecule has 2 aromatic rings. The van der Waals surface area contributed by atoms with Gasteiger partial charge in [-0.05, 0) is 31.3 Å². The van der Waals surface area contributed by atoms with Crippen molar-refractivity contribution in [1.82, 2.24) is 24.7 Å². The standard InChI is InChI=1S/C27H36F2N6O4/c1-16-19(7-8-20(36)33-11-9-32(10-12-33)18-13-27(28,29)14-18)23-34(15-26(2,3)4)24(38)21(25(39)35(23)31-16)22(37)30-17-5-6-17/h7-8,17-18H,5-6,9-15H2,1-4H3,(H2,30,37,38,39)/p+1/b8-7+. The number of aromatic nitrogens is 3. The first-order valence-corrected chi connectivity index (χ1v) is 13.5. The van der Waals surface area contributed by atoms with Crippen molar-refractivity contribution in [3.63, 3.8) is 0 Å². The number of halogens is 2. The van der Waals surface area contributed by atoms with Gasteiger partial charge in [-0.15, -0.1) is 0 Å². The smallest absolute Gasteiger partial charge is 0.378 e. The summed E-state index contributed by atoms with van der Waals surface area (Å²) in [6.45, 7) is 9.99. The van der Waals surface area contributed by atoms with E-state index in [0.717, 1.165) is 12.8 Å². The van der Waals surface area contributed by atoms with Gasteiger partial charge in [0.25, 0.3) is 11.8 Å². The van der Waals surface area contributed by atoms with Crippen molar-refractivity contribution in [2.75, 3.05) is 26.2 Å². The Kier molecular flexibility index (Phi) is 6.80. The van der Waals surface area contributed by atoms with Gasteiger partial charge in [-0.25, -0.2) is 18.7 Å². The molecule has 3 heterocycles. The predicted octanol–water partition coefficient (Wildman–Crippen LogP) is 1.82. The van der Waals surface area contributed by atoms with Crippen LogP contribution in [-0.4, -0.2) is 80.5 Å². The number of aromatic amines is 1. The maximum atomic E-state index is 13.4. The highest BCUT2D eigenvalue weighted by atomic mass is 19.3. The van der Waals surface area contributed by atoms with Gasteiger partial charge in [0.2, 0.25) is 11.5 Å². The molecule has 0 aromatic carbocycles. The second kappa shape index (κ2) is 9.72. The molecule has 2 aromatic heterocycles. The topological polar surface area (TPSA) is 114 Å². The van der Waals surface area contributed by atoms with Crippen LogP contribution < -0.4 is 15.4 Å². The highest BCUT2D eigenvalue weighted by Crippen LogP contribution is 2.40. The second-order valence-corrected chi connectivity index (χ2v) is 12.3. The molecular formula is C27H37F2N6O4+. The third kappa shape index (κ3) is 5.57. The van der Waals surface area contributed by atoms with Crippen LogP contribution in [0.2, 0.25) is 0 Å². The molecule has 212 valence electrons. The van der Waals surface area contributed by atoms with E-state index in [1.807, 2.05) is 25.7 Å². The Hall–Kier alpha value is -3.28. The molecule has 3 N–H and O–H groups in total. The minimum absolute atomic E-state index is 0.0134. The van der Waals surface area contributed by atoms with Gasteiger partial charge in [0, 0.05) is 57.2 Å². The number of hydrogen-bond acceptors (Lipinski definition) is 5. The van der Waals surface area contributed by atoms with E-state index in [4.69, 9.17) is 0 Å². The normalized spacial score (nSPS) is 20.5. The minimum atomic E-state index is -2.57. The number of aromatic hydroxyl groups is 1. The molecule has 5 rings (SSSR count). The summed E-state index contributed by atoms with van der Waals surface area (Å²) in [7, 11) is 0. The Balaban J connectivity index is 1.42. The zero-order valence-corrected chi connectivity index (χ0v) is 22.9. The highest BCUT2D eigenvalue weighted by molar-refractivity contribution is 5.96. The quantitative estimate of drug-likeness (QED) is 0.377. The molecule has 39 heavy (non-hydrogen) atoms. The maximum Gasteiger partial charge on any atom is 0.378 e. The Labute approximate surface area is 225 Å². The molecule has 2 saturated carbocycles. The van der Waals surface area contributed by atoms with E-state index in [9.17, 15) is 28.3 Å². The molecule has 2 aliphatic carbocycles. The molecule has 3 fully saturated rings. The zero-order valence-electron chi connectivity index (χ0n) is 22.9. The minimum Gasteiger partial charge on any atom is -0.477 e. The number of amides is 2. The molecule has 12 heteroatoms. The molecular weight excluding hydrogens is 510 g/mol. The number of fused-ring (bicyclic) bond motifs is 1. The lowest BCUT2D eigenvalue weighted by atomic mass is 9.86. The first-order chi connectivity index (χ1) is 18.2. The van der Waals surface area contributed by atoms with Crippen LogP contribution in [0.25, 0.3) is 11.7 Å². The number of aryl methyl sites for hydroxylation is 1. The summed E-state index contributed by atoms with van der Waals surface area (Å²) in [6.07, 6.45) is 4.49. The largest absolute Gasteiger partial charge is 0.477 e. The molecule has 0 spiro atoms. The number of carbonyl (C=O) groups excluding carboxylic acids is 2. The summed E-state index contributed by atoms with van der Waals surface area (Å²) in [5.74, 6) is -3.81. The van der Waals surface area contributed by atoms with Crippen molar-refractivity contribution < 1.29 is 28.0 Å². The van der Waals surface area contributed by atoms with Gasteiger partial charge in [-0.2, -0.15) is 4.57 Å². The fourth-order valence-corrected chi connectivity index (χ4v) is 5.39. The summed E-state index contributed by atoms with van der Waals surface area (Å²) in [6, 6.07) is -0.110. The van der Waals surface area contributed by atoms with E-state index < -0.39 is 23.3 Å². The Bertz CT molecular complexity index is 1390. The summed E-state index contributed by atoms with van der Waals surface area (Å²) in [5, 5.41) is 17.0. The number of piperazine rings is 1. The summed E-state index contributed by atoms with van der Waals surface area (Å²) >= 11 is 0. The van der Waals surface area contributed by atoms with Crippen molar-refractivity contribution in [2.24, 2.45) is 5.41 Å². The van der Waals surface area contributed by atoms with Crippen LogP contribution >= 0.6 is 0 Å². The maximum absolute atomic E-state index is 13.4. The Morgan fingerprint density at radius 3 is 2.38 bits per heavy atom. The van der Waals surface area contributed by atoms with Crippen molar-refractivity contribution in [3.8, 4) is 5.88 Å². The number of nitrogens with zero attached hydrogens (tertiary/aromatic N) is 4. The van der Waals surface area contributed by atoms with Crippen molar-refractivity contribution in [3.05, 3.63) is 33.3 Å². The fraction of sp³-hybridized carbons (Fsp3) is 0.630. The summed E-state index contributed by atoms with van der Waals surface area (Å²) < 4.78 is 29.3. The molecule has 1 aliphatic heterocycles. The monoisotopic (exact) mass is 547 g/mol. The molecule has 0 radical (unpaired) electrons. The highest BCUT2D eigenvalue weighted by Gasteiger charge is 2.48. The van der Waals surface area contributed by atoms with Crippen LogP contribution in [0.1, 0.15) is 68.1 Å². The van der Waals surface area contributed by atoms with E-state index >= 15 is 0 Å². The van der Waals surface area contributed by atoms with Crippen LogP contribution in [0.5, 0.6) is 5.88 Å². The third-order valence-electron chi connectivity index (χ3n) is 7.66. The predicted molar refractivity (Wildman–Crippen MR) is 140 cm³/mol. The van der Waals surface area contributed by atoms with Gasteiger partial charge in [-0.1, -0.05) is 25.3 Å². The number of alkyl halides is 2. The van der Waals surface area contributed by atoms with Crippen LogP contribution in [0.3, 0.4) is 0 Å². The third-order valence-corrected chi connectivity index (χ3v) is 7.66. The van der Waals surface area contributed by atoms with Crippen molar-refractivity contribution in [2.45, 2.75) is 77.9 Å². The van der Waals surface area contributed by atoms with Gasteiger partial charge >= 0.3 is 17.1 Å². The average Bonchev–Trinajstić information content (AvgIpc) is 3.58. The number of H-pyrrole nitrogens is 1. The number of nitrogens with one attached hydrogen (secondary N) is 2. The molecule has 2 amide bonds. The first kappa shape index (κ1) is 27.3. The molecule has 3 aliphatic rings. The Morgan fingerprint density at radius 1 is 1.18 bits per heavy atom. The zero-order chi connectivity index (χ0) is 28.3. The van der Waals surface area contributed by atoms with Gasteiger partial charge in [-0.3, -0.25) is 14.5 Å². The molecule has 0 atom stereocenters. The second-order valence-electron chi connectivity index (χ2n) is 12.3. The van der Waals surface area contributed by atoms with Crippen LogP contribution in [0, 0.1) is 12.3 Å². The fourth-order valence-electron chi connectivity index (χ4n) is 5.39. The number of hydrogen-bond donors (Lipinski definition) is 3. The van der Waals surface area contributed by atoms with Crippen molar-refractivity contribution in [1.29, 1.82) is 0 Å². The summed E-state index contributed by atoms with van der Waals surface area (Å²) in [5.41, 5.74) is 0.193. The van der Waals surface area contributed by atoms with Gasteiger partial charge in [0.1, 0.15) is 0 Å². The number of rotatable bonds is 6. The molecule has 0 bridgehead atoms. The van der Waals surface area contributed by atoms with E-state index in [1.54, 1.807) is 22.5 Å².